The SMILES string of the molecule is COc1cc(CNCC(O)c2ccc(O)c3[nH]c(=O)ccc23)ccc1C(=O)NCC(=O)N1CCC(COc2cccc(C(O)(C(=O)O)c3ccccc3)c2)CC1. The number of nitrogens with zero attached hydrogens (tertiary/aromatic N) is 1. The lowest BCUT2D eigenvalue weighted by Crippen LogP contribution is -2.44. The number of hydrogen-bond donors (Lipinski definition) is 7. The van der Waals surface area contributed by atoms with Crippen LogP contribution in [0.5, 0.6) is 17.2 Å². The van der Waals surface area contributed by atoms with E-state index in [1.54, 1.807) is 83.8 Å². The second kappa shape index (κ2) is 17.5. The maximum absolute atomic E-state index is 13.1. The Hall–Kier alpha value is -6.22. The molecule has 292 valence electrons. The van der Waals surface area contributed by atoms with Gasteiger partial charge < -0.3 is 50.4 Å². The molecule has 56 heavy (non-hydrogen) atoms. The normalized spacial score (nSPS) is 14.8. The number of carbonyl (C=O) groups is 3. The Morgan fingerprint density at radius 3 is 2.43 bits per heavy atom. The molecule has 1 fully saturated rings. The lowest BCUT2D eigenvalue weighted by Gasteiger charge is -2.32. The molecule has 14 heteroatoms. The number of carbonyl (C=O) groups excluding carboxylic acids is 2. The number of piperidine rings is 1. The van der Waals surface area contributed by atoms with Gasteiger partial charge in [0.25, 0.3) is 5.91 Å². The monoisotopic (exact) mass is 764 g/mol. The van der Waals surface area contributed by atoms with E-state index in [9.17, 15) is 39.6 Å². The maximum Gasteiger partial charge on any atom is 0.345 e. The number of nitrogens with one attached hydrogen (secondary N) is 3. The summed E-state index contributed by atoms with van der Waals surface area (Å²) in [4.78, 5) is 54.3. The van der Waals surface area contributed by atoms with E-state index in [1.807, 2.05) is 0 Å². The van der Waals surface area contributed by atoms with Gasteiger partial charge in [-0.15, -0.1) is 0 Å². The standard InChI is InChI=1S/C42H44N4O10/c1-55-36-20-27(22-43-23-35(48)31-12-14-34(47)39-32(31)13-15-37(49)45-39)10-11-33(36)40(51)44-24-38(50)46-18-16-26(17-19-46)25-56-30-9-5-8-29(21-30)42(54,41(52)53)28-6-3-2-4-7-28/h2-15,20-21,26,35,43,47-48,54H,16-19,22-25H2,1H3,(H,44,51)(H,45,49)(H,52,53). The minimum Gasteiger partial charge on any atom is -0.506 e. The first kappa shape index (κ1) is 39.5. The summed E-state index contributed by atoms with van der Waals surface area (Å²) in [5.74, 6) is -1.27. The van der Waals surface area contributed by atoms with Crippen LogP contribution in [0.15, 0.2) is 102 Å². The number of rotatable bonds is 15. The number of fused-ring (bicyclic) bond motifs is 1. The van der Waals surface area contributed by atoms with Crippen LogP contribution < -0.4 is 25.7 Å². The Bertz CT molecular complexity index is 2250. The number of H-pyrrole nitrogens is 1. The average Bonchev–Trinajstić information content (AvgIpc) is 3.22. The Labute approximate surface area is 322 Å². The van der Waals surface area contributed by atoms with Crippen molar-refractivity contribution in [3.63, 3.8) is 0 Å². The summed E-state index contributed by atoms with van der Waals surface area (Å²) < 4.78 is 11.5. The van der Waals surface area contributed by atoms with Crippen LogP contribution in [0, 0.1) is 5.92 Å². The molecule has 7 N–H and O–H groups in total. The molecule has 0 saturated carbocycles. The van der Waals surface area contributed by atoms with Gasteiger partial charge in [0, 0.05) is 43.2 Å². The van der Waals surface area contributed by atoms with E-state index in [-0.39, 0.29) is 58.4 Å². The van der Waals surface area contributed by atoms with E-state index in [2.05, 4.69) is 15.6 Å². The van der Waals surface area contributed by atoms with E-state index >= 15 is 0 Å². The molecule has 0 bridgehead atoms. The molecule has 0 radical (unpaired) electrons. The van der Waals surface area contributed by atoms with Crippen LogP contribution in [0.2, 0.25) is 0 Å². The number of carboxylic acid groups (broad SMARTS) is 1. The van der Waals surface area contributed by atoms with Crippen LogP contribution in [-0.4, -0.2) is 88.0 Å². The summed E-state index contributed by atoms with van der Waals surface area (Å²) in [5, 5.41) is 48.5. The molecule has 6 rings (SSSR count). The van der Waals surface area contributed by atoms with Crippen molar-refractivity contribution >= 4 is 28.7 Å². The predicted octanol–water partition coefficient (Wildman–Crippen LogP) is 3.43. The van der Waals surface area contributed by atoms with Gasteiger partial charge >= 0.3 is 5.97 Å². The number of likely N-dealkylation sites (tertiary alicyclic amines) is 1. The van der Waals surface area contributed by atoms with Gasteiger partial charge in [-0.2, -0.15) is 0 Å². The number of phenolic OH excluding ortho intramolecular Hbond substituents is 1. The molecule has 1 aliphatic rings. The number of hydrogen-bond acceptors (Lipinski definition) is 10. The van der Waals surface area contributed by atoms with Crippen molar-refractivity contribution in [2.24, 2.45) is 5.92 Å². The third-order valence-electron chi connectivity index (χ3n) is 10.0. The highest BCUT2D eigenvalue weighted by molar-refractivity contribution is 5.99. The lowest BCUT2D eigenvalue weighted by molar-refractivity contribution is -0.155. The highest BCUT2D eigenvalue weighted by atomic mass is 16.5. The van der Waals surface area contributed by atoms with Crippen molar-refractivity contribution in [2.45, 2.75) is 31.1 Å². The van der Waals surface area contributed by atoms with E-state index in [0.717, 1.165) is 5.56 Å². The number of carboxylic acids is 1. The van der Waals surface area contributed by atoms with Gasteiger partial charge in [0.1, 0.15) is 17.2 Å². The lowest BCUT2D eigenvalue weighted by atomic mass is 9.86. The smallest absolute Gasteiger partial charge is 0.345 e. The summed E-state index contributed by atoms with van der Waals surface area (Å²) in [7, 11) is 1.45. The molecule has 1 aromatic heterocycles. The van der Waals surface area contributed by atoms with Crippen molar-refractivity contribution in [2.75, 3.05) is 39.9 Å². The fourth-order valence-electron chi connectivity index (χ4n) is 6.88. The molecule has 0 spiro atoms. The molecule has 2 unspecified atom stereocenters. The topological polar surface area (TPSA) is 211 Å². The molecule has 14 nitrogen and oxygen atoms in total. The number of methoxy groups -OCH3 is 1. The van der Waals surface area contributed by atoms with Crippen molar-refractivity contribution in [1.82, 2.24) is 20.5 Å². The van der Waals surface area contributed by atoms with Crippen LogP contribution >= 0.6 is 0 Å². The summed E-state index contributed by atoms with van der Waals surface area (Å²) in [6, 6.07) is 25.6. The molecule has 2 amide bonds. The van der Waals surface area contributed by atoms with Crippen LogP contribution in [0.3, 0.4) is 0 Å². The van der Waals surface area contributed by atoms with Crippen LogP contribution in [0.4, 0.5) is 0 Å². The number of phenols is 1. The van der Waals surface area contributed by atoms with Gasteiger partial charge in [-0.05, 0) is 71.8 Å². The third-order valence-corrected chi connectivity index (χ3v) is 10.0. The van der Waals surface area contributed by atoms with Gasteiger partial charge in [0.2, 0.25) is 17.1 Å². The highest BCUT2D eigenvalue weighted by Crippen LogP contribution is 2.33. The first-order valence-corrected chi connectivity index (χ1v) is 18.2. The zero-order valence-electron chi connectivity index (χ0n) is 30.7. The zero-order chi connectivity index (χ0) is 39.8. The molecular weight excluding hydrogens is 720 g/mol. The molecule has 1 aliphatic heterocycles. The Morgan fingerprint density at radius 2 is 1.70 bits per heavy atom. The van der Waals surface area contributed by atoms with Crippen molar-refractivity contribution in [3.8, 4) is 17.2 Å². The zero-order valence-corrected chi connectivity index (χ0v) is 30.7. The molecule has 1 saturated heterocycles. The largest absolute Gasteiger partial charge is 0.506 e. The van der Waals surface area contributed by atoms with Crippen molar-refractivity contribution in [3.05, 3.63) is 135 Å². The first-order chi connectivity index (χ1) is 27.0. The fourth-order valence-corrected chi connectivity index (χ4v) is 6.88. The minimum atomic E-state index is -2.24. The number of ether oxygens (including phenoxy) is 2. The summed E-state index contributed by atoms with van der Waals surface area (Å²) in [6.45, 7) is 1.64. The molecular formula is C42H44N4O10. The third kappa shape index (κ3) is 8.84. The second-order valence-corrected chi connectivity index (χ2v) is 13.7. The highest BCUT2D eigenvalue weighted by Gasteiger charge is 2.40. The summed E-state index contributed by atoms with van der Waals surface area (Å²) >= 11 is 0. The Balaban J connectivity index is 0.953. The number of aromatic amines is 1. The molecule has 2 atom stereocenters. The summed E-state index contributed by atoms with van der Waals surface area (Å²) in [5.41, 5.74) is -0.351. The van der Waals surface area contributed by atoms with Gasteiger partial charge in [0.15, 0.2) is 0 Å². The number of aliphatic carboxylic acids is 1. The average molecular weight is 765 g/mol. The van der Waals surface area contributed by atoms with Gasteiger partial charge in [-0.1, -0.05) is 54.6 Å². The predicted molar refractivity (Wildman–Crippen MR) is 207 cm³/mol. The number of amides is 2. The van der Waals surface area contributed by atoms with Crippen molar-refractivity contribution < 1.29 is 44.3 Å². The quantitative estimate of drug-likeness (QED) is 0.0821. The number of aromatic nitrogens is 1. The van der Waals surface area contributed by atoms with Crippen LogP contribution in [-0.2, 0) is 21.7 Å². The number of aliphatic hydroxyl groups is 2. The number of aliphatic hydroxyl groups excluding tert-OH is 1. The molecule has 4 aromatic carbocycles. The van der Waals surface area contributed by atoms with Crippen LogP contribution in [0.1, 0.15) is 51.6 Å². The van der Waals surface area contributed by atoms with E-state index in [0.29, 0.717) is 61.5 Å². The molecule has 2 heterocycles. The fraction of sp³-hybridized carbons (Fsp3) is 0.286. The van der Waals surface area contributed by atoms with Gasteiger partial charge in [0.05, 0.1) is 37.4 Å². The van der Waals surface area contributed by atoms with Gasteiger partial charge in [-0.3, -0.25) is 14.4 Å². The molecule has 5 aromatic rings. The molecule has 0 aliphatic carbocycles. The van der Waals surface area contributed by atoms with Crippen molar-refractivity contribution in [1.29, 1.82) is 0 Å². The summed E-state index contributed by atoms with van der Waals surface area (Å²) in [6.07, 6.45) is 0.413. The minimum absolute atomic E-state index is 0.0909. The second-order valence-electron chi connectivity index (χ2n) is 13.7. The first-order valence-electron chi connectivity index (χ1n) is 18.2. The number of pyridine rings is 1. The van der Waals surface area contributed by atoms with E-state index in [1.165, 1.54) is 25.3 Å². The number of benzene rings is 4. The van der Waals surface area contributed by atoms with E-state index in [4.69, 9.17) is 9.47 Å². The van der Waals surface area contributed by atoms with E-state index < -0.39 is 23.6 Å². The number of aromatic hydroxyl groups is 1. The Morgan fingerprint density at radius 1 is 0.946 bits per heavy atom. The van der Waals surface area contributed by atoms with Gasteiger partial charge in [-0.25, -0.2) is 4.79 Å². The van der Waals surface area contributed by atoms with Crippen LogP contribution in [0.25, 0.3) is 10.9 Å². The maximum atomic E-state index is 13.1. The Kier molecular flexibility index (Phi) is 12.3.